The van der Waals surface area contributed by atoms with Crippen LogP contribution in [0.15, 0.2) is 18.2 Å². The Morgan fingerprint density at radius 3 is 2.24 bits per heavy atom. The molecule has 5 nitrogen and oxygen atoms in total. The molecule has 0 bridgehead atoms. The smallest absolute Gasteiger partial charge is 0.307 e. The Balaban J connectivity index is 2.79. The zero-order valence-electron chi connectivity index (χ0n) is 13.1. The molecule has 2 atom stereocenters. The van der Waals surface area contributed by atoms with Gasteiger partial charge in [-0.25, -0.2) is 0 Å². The van der Waals surface area contributed by atoms with Crippen LogP contribution in [0.3, 0.4) is 0 Å². The van der Waals surface area contributed by atoms with Gasteiger partial charge in [0.25, 0.3) is 0 Å². The van der Waals surface area contributed by atoms with Crippen LogP contribution in [0.4, 0.5) is 5.69 Å². The Hall–Kier alpha value is -2.04. The molecule has 21 heavy (non-hydrogen) atoms. The maximum absolute atomic E-state index is 12.1. The van der Waals surface area contributed by atoms with Crippen molar-refractivity contribution >= 4 is 17.6 Å². The Morgan fingerprint density at radius 2 is 1.76 bits per heavy atom. The molecule has 0 saturated heterocycles. The van der Waals surface area contributed by atoms with Crippen molar-refractivity contribution in [2.75, 3.05) is 5.32 Å². The molecule has 116 valence electrons. The number of carbonyl (C=O) groups excluding carboxylic acids is 1. The van der Waals surface area contributed by atoms with E-state index >= 15 is 0 Å². The second-order valence-electron chi connectivity index (χ2n) is 5.55. The van der Waals surface area contributed by atoms with Crippen molar-refractivity contribution in [2.24, 2.45) is 11.8 Å². The molecular formula is C16H23NO4. The van der Waals surface area contributed by atoms with Crippen molar-refractivity contribution in [1.82, 2.24) is 0 Å². The van der Waals surface area contributed by atoms with Gasteiger partial charge in [0.15, 0.2) is 0 Å². The number of amides is 1. The Bertz CT molecular complexity index is 525. The fourth-order valence-electron chi connectivity index (χ4n) is 1.81. The summed E-state index contributed by atoms with van der Waals surface area (Å²) in [6.07, 6.45) is 0.0845. The monoisotopic (exact) mass is 293 g/mol. The van der Waals surface area contributed by atoms with Crippen molar-refractivity contribution in [1.29, 1.82) is 0 Å². The molecule has 2 unspecified atom stereocenters. The molecule has 0 aliphatic carbocycles. The average molecular weight is 293 g/mol. The minimum Gasteiger partial charge on any atom is -0.491 e. The minimum absolute atomic E-state index is 0.0845. The molecule has 0 aromatic heterocycles. The predicted molar refractivity (Wildman–Crippen MR) is 81.5 cm³/mol. The summed E-state index contributed by atoms with van der Waals surface area (Å²) in [6.45, 7) is 8.90. The third-order valence-corrected chi connectivity index (χ3v) is 3.38. The SMILES string of the molecule is Cc1cc(OC(C)C)ccc1NC(=O)C(C)C(C)C(=O)O. The molecule has 1 rings (SSSR count). The largest absolute Gasteiger partial charge is 0.491 e. The van der Waals surface area contributed by atoms with Crippen LogP contribution in [-0.2, 0) is 9.59 Å². The van der Waals surface area contributed by atoms with E-state index in [-0.39, 0.29) is 12.0 Å². The number of hydrogen-bond donors (Lipinski definition) is 2. The maximum atomic E-state index is 12.1. The molecule has 0 spiro atoms. The molecule has 0 aliphatic heterocycles. The third-order valence-electron chi connectivity index (χ3n) is 3.38. The Labute approximate surface area is 125 Å². The van der Waals surface area contributed by atoms with Crippen LogP contribution in [-0.4, -0.2) is 23.1 Å². The van der Waals surface area contributed by atoms with Gasteiger partial charge in [0, 0.05) is 11.6 Å². The van der Waals surface area contributed by atoms with Crippen LogP contribution < -0.4 is 10.1 Å². The van der Waals surface area contributed by atoms with E-state index in [1.54, 1.807) is 19.1 Å². The topological polar surface area (TPSA) is 75.6 Å². The summed E-state index contributed by atoms with van der Waals surface area (Å²) < 4.78 is 5.58. The molecule has 2 N–H and O–H groups in total. The lowest BCUT2D eigenvalue weighted by atomic mass is 9.95. The second kappa shape index (κ2) is 7.11. The molecule has 1 aromatic rings. The summed E-state index contributed by atoms with van der Waals surface area (Å²) in [5, 5.41) is 11.7. The number of aryl methyl sites for hydroxylation is 1. The molecule has 0 fully saturated rings. The second-order valence-corrected chi connectivity index (χ2v) is 5.55. The van der Waals surface area contributed by atoms with Gasteiger partial charge in [-0.05, 0) is 44.5 Å². The number of aliphatic carboxylic acids is 1. The van der Waals surface area contributed by atoms with Gasteiger partial charge in [-0.2, -0.15) is 0 Å². The molecular weight excluding hydrogens is 270 g/mol. The number of rotatable bonds is 6. The Kier molecular flexibility index (Phi) is 5.76. The van der Waals surface area contributed by atoms with E-state index in [0.717, 1.165) is 11.3 Å². The molecule has 0 radical (unpaired) electrons. The highest BCUT2D eigenvalue weighted by Gasteiger charge is 2.26. The summed E-state index contributed by atoms with van der Waals surface area (Å²) in [6, 6.07) is 5.40. The van der Waals surface area contributed by atoms with Gasteiger partial charge in [0.2, 0.25) is 5.91 Å². The fourth-order valence-corrected chi connectivity index (χ4v) is 1.81. The van der Waals surface area contributed by atoms with Crippen LogP contribution in [0.1, 0.15) is 33.3 Å². The van der Waals surface area contributed by atoms with E-state index in [1.165, 1.54) is 6.92 Å². The predicted octanol–water partition coefficient (Wildman–Crippen LogP) is 3.08. The number of ether oxygens (including phenoxy) is 1. The molecule has 1 aromatic carbocycles. The molecule has 1 amide bonds. The van der Waals surface area contributed by atoms with Gasteiger partial charge >= 0.3 is 5.97 Å². The Morgan fingerprint density at radius 1 is 1.14 bits per heavy atom. The van der Waals surface area contributed by atoms with E-state index in [4.69, 9.17) is 9.84 Å². The fraction of sp³-hybridized carbons (Fsp3) is 0.500. The van der Waals surface area contributed by atoms with Gasteiger partial charge in [-0.3, -0.25) is 9.59 Å². The van der Waals surface area contributed by atoms with Crippen molar-refractivity contribution < 1.29 is 19.4 Å². The summed E-state index contributed by atoms with van der Waals surface area (Å²) in [4.78, 5) is 23.0. The summed E-state index contributed by atoms with van der Waals surface area (Å²) in [5.41, 5.74) is 1.54. The van der Waals surface area contributed by atoms with Gasteiger partial charge in [-0.15, -0.1) is 0 Å². The summed E-state index contributed by atoms with van der Waals surface area (Å²) in [5.74, 6) is -1.87. The first-order valence-electron chi connectivity index (χ1n) is 7.03. The number of hydrogen-bond acceptors (Lipinski definition) is 3. The van der Waals surface area contributed by atoms with E-state index in [9.17, 15) is 9.59 Å². The average Bonchev–Trinajstić information content (AvgIpc) is 2.39. The number of nitrogens with one attached hydrogen (secondary N) is 1. The highest BCUT2D eigenvalue weighted by atomic mass is 16.5. The summed E-state index contributed by atoms with van der Waals surface area (Å²) in [7, 11) is 0. The van der Waals surface area contributed by atoms with Crippen molar-refractivity contribution in [3.8, 4) is 5.75 Å². The van der Waals surface area contributed by atoms with Crippen LogP contribution in [0.2, 0.25) is 0 Å². The van der Waals surface area contributed by atoms with Gasteiger partial charge in [0.05, 0.1) is 12.0 Å². The number of carboxylic acid groups (broad SMARTS) is 1. The van der Waals surface area contributed by atoms with E-state index in [0.29, 0.717) is 5.69 Å². The minimum atomic E-state index is -0.977. The van der Waals surface area contributed by atoms with Crippen molar-refractivity contribution in [2.45, 2.75) is 40.7 Å². The standard InChI is InChI=1S/C16H23NO4/c1-9(2)21-13-6-7-14(10(3)8-13)17-15(18)11(4)12(5)16(19)20/h6-9,11-12H,1-5H3,(H,17,18)(H,19,20). The molecule has 0 heterocycles. The lowest BCUT2D eigenvalue weighted by Gasteiger charge is -2.17. The summed E-state index contributed by atoms with van der Waals surface area (Å²) >= 11 is 0. The first-order chi connectivity index (χ1) is 9.72. The van der Waals surface area contributed by atoms with E-state index in [1.807, 2.05) is 26.8 Å². The first kappa shape index (κ1) is 17.0. The van der Waals surface area contributed by atoms with Crippen LogP contribution in [0, 0.1) is 18.8 Å². The van der Waals surface area contributed by atoms with E-state index in [2.05, 4.69) is 5.32 Å². The number of carbonyl (C=O) groups is 2. The van der Waals surface area contributed by atoms with Crippen molar-refractivity contribution in [3.05, 3.63) is 23.8 Å². The lowest BCUT2D eigenvalue weighted by Crippen LogP contribution is -2.30. The molecule has 0 aliphatic rings. The van der Waals surface area contributed by atoms with Crippen LogP contribution >= 0.6 is 0 Å². The van der Waals surface area contributed by atoms with Gasteiger partial charge in [0.1, 0.15) is 5.75 Å². The maximum Gasteiger partial charge on any atom is 0.307 e. The zero-order chi connectivity index (χ0) is 16.2. The van der Waals surface area contributed by atoms with Gasteiger partial charge < -0.3 is 15.2 Å². The normalized spacial score (nSPS) is 13.6. The molecule has 0 saturated carbocycles. The lowest BCUT2D eigenvalue weighted by molar-refractivity contribution is -0.145. The van der Waals surface area contributed by atoms with Crippen molar-refractivity contribution in [3.63, 3.8) is 0 Å². The van der Waals surface area contributed by atoms with E-state index < -0.39 is 17.8 Å². The highest BCUT2D eigenvalue weighted by molar-refractivity contribution is 5.95. The quantitative estimate of drug-likeness (QED) is 0.845. The van der Waals surface area contributed by atoms with Crippen LogP contribution in [0.5, 0.6) is 5.75 Å². The van der Waals surface area contributed by atoms with Crippen LogP contribution in [0.25, 0.3) is 0 Å². The van der Waals surface area contributed by atoms with Gasteiger partial charge in [-0.1, -0.05) is 13.8 Å². The number of benzene rings is 1. The number of carboxylic acids is 1. The number of anilines is 1. The molecule has 5 heteroatoms. The first-order valence-corrected chi connectivity index (χ1v) is 7.03. The zero-order valence-corrected chi connectivity index (χ0v) is 13.1. The third kappa shape index (κ3) is 4.77. The highest BCUT2D eigenvalue weighted by Crippen LogP contribution is 2.23.